The number of ketones is 4. The van der Waals surface area contributed by atoms with E-state index in [1.165, 1.54) is 83.5 Å². The average molecular weight is 1170 g/mol. The van der Waals surface area contributed by atoms with Crippen LogP contribution in [0.2, 0.25) is 0 Å². The van der Waals surface area contributed by atoms with Crippen LogP contribution in [0.3, 0.4) is 0 Å². The van der Waals surface area contributed by atoms with E-state index in [0.717, 1.165) is 180 Å². The van der Waals surface area contributed by atoms with Crippen molar-refractivity contribution in [2.75, 3.05) is 6.61 Å². The van der Waals surface area contributed by atoms with Crippen LogP contribution in [0, 0.1) is 0 Å². The monoisotopic (exact) mass is 1170 g/mol. The standard InChI is InChI=1S/C73H134O10/c1-5-9-13-17-18-19-20-21-22-23-34-41-50-60-69(79)73(83,70(80)61-51-42-35-27-25-31-38-47-57-66(76)55-45-15-11-7-3)72(82,64-74)68(78)59-49-40-33-28-29-36-43-53-63-71(81,62-52-16-12-8-4)67(77)58-48-39-32-26-24-30-37-46-56-65(75)54-44-14-10-6-2/h37-38,43,46-47,53,65-66,74-76,81-83H,5-36,39-42,44-45,48-52,54-64H2,1-4H3/b46-37-,47-38-,53-43-/t65-,66-,71-,72?,73?/m1/s1. The van der Waals surface area contributed by atoms with Crippen molar-refractivity contribution < 1.29 is 49.8 Å². The smallest absolute Gasteiger partial charge is 0.219 e. The molecule has 83 heavy (non-hydrogen) atoms. The molecule has 10 nitrogen and oxygen atoms in total. The highest BCUT2D eigenvalue weighted by atomic mass is 16.4. The van der Waals surface area contributed by atoms with Gasteiger partial charge in [0.1, 0.15) is 5.60 Å². The lowest BCUT2D eigenvalue weighted by Gasteiger charge is -2.39. The first kappa shape index (κ1) is 80.7. The van der Waals surface area contributed by atoms with Crippen LogP contribution in [0.1, 0.15) is 368 Å². The van der Waals surface area contributed by atoms with Crippen LogP contribution in [0.4, 0.5) is 0 Å². The van der Waals surface area contributed by atoms with Crippen LogP contribution >= 0.6 is 0 Å². The van der Waals surface area contributed by atoms with Gasteiger partial charge in [0.05, 0.1) is 18.8 Å². The molecule has 0 rings (SSSR count). The molecule has 0 aliphatic rings. The van der Waals surface area contributed by atoms with Gasteiger partial charge in [0.15, 0.2) is 28.7 Å². The zero-order valence-electron chi connectivity index (χ0n) is 54.6. The minimum absolute atomic E-state index is 0.0536. The summed E-state index contributed by atoms with van der Waals surface area (Å²) in [4.78, 5) is 55.2. The molecule has 0 aromatic carbocycles. The Morgan fingerprint density at radius 1 is 0.337 bits per heavy atom. The molecule has 486 valence electrons. The molecule has 2 unspecified atom stereocenters. The Kier molecular flexibility index (Phi) is 54.6. The van der Waals surface area contributed by atoms with Gasteiger partial charge in [-0.3, -0.25) is 19.2 Å². The molecule has 0 saturated carbocycles. The van der Waals surface area contributed by atoms with Crippen molar-refractivity contribution in [2.24, 2.45) is 0 Å². The molecule has 0 aromatic rings. The van der Waals surface area contributed by atoms with E-state index in [1.54, 1.807) is 0 Å². The summed E-state index contributed by atoms with van der Waals surface area (Å²) in [6, 6.07) is 0. The van der Waals surface area contributed by atoms with Gasteiger partial charge in [0.2, 0.25) is 5.60 Å². The fourth-order valence-electron chi connectivity index (χ4n) is 11.5. The van der Waals surface area contributed by atoms with Gasteiger partial charge in [0.25, 0.3) is 0 Å². The lowest BCUT2D eigenvalue weighted by molar-refractivity contribution is -0.194. The first-order chi connectivity index (χ1) is 40.2. The van der Waals surface area contributed by atoms with Gasteiger partial charge < -0.3 is 30.6 Å². The normalized spacial score (nSPS) is 15.1. The molecular formula is C73H134O10. The van der Waals surface area contributed by atoms with Crippen molar-refractivity contribution in [3.63, 3.8) is 0 Å². The second-order valence-corrected chi connectivity index (χ2v) is 25.3. The Morgan fingerprint density at radius 2 is 0.627 bits per heavy atom. The van der Waals surface area contributed by atoms with E-state index in [2.05, 4.69) is 58.1 Å². The largest absolute Gasteiger partial charge is 0.393 e. The maximum atomic E-state index is 14.0. The quantitative estimate of drug-likeness (QED) is 0.0194. The number of aliphatic hydroxyl groups is 6. The third kappa shape index (κ3) is 41.5. The van der Waals surface area contributed by atoms with E-state index in [0.29, 0.717) is 57.8 Å². The fraction of sp³-hybridized carbons (Fsp3) is 0.863. The number of unbranched alkanes of at least 4 members (excludes halogenated alkanes) is 36. The number of rotatable bonds is 65. The minimum Gasteiger partial charge on any atom is -0.393 e. The summed E-state index contributed by atoms with van der Waals surface area (Å²) in [5.41, 5.74) is -7.28. The van der Waals surface area contributed by atoms with Crippen molar-refractivity contribution in [3.8, 4) is 0 Å². The predicted octanol–water partition coefficient (Wildman–Crippen LogP) is 18.6. The molecule has 0 heterocycles. The van der Waals surface area contributed by atoms with Crippen molar-refractivity contribution >= 4 is 23.1 Å². The molecule has 0 spiro atoms. The van der Waals surface area contributed by atoms with Crippen molar-refractivity contribution in [2.45, 2.75) is 397 Å². The second-order valence-electron chi connectivity index (χ2n) is 25.3. The molecule has 10 heteroatoms. The zero-order chi connectivity index (χ0) is 61.4. The number of Topliss-reactive ketones (excluding diaryl/α,β-unsaturated/α-hetero) is 4. The Labute approximate surface area is 510 Å². The Hall–Kier alpha value is -2.34. The minimum atomic E-state index is -3.02. The molecule has 6 N–H and O–H groups in total. The molecule has 0 saturated heterocycles. The van der Waals surface area contributed by atoms with E-state index in [1.807, 2.05) is 6.08 Å². The number of allylic oxidation sites excluding steroid dienone is 3. The highest BCUT2D eigenvalue weighted by Crippen LogP contribution is 2.33. The summed E-state index contributed by atoms with van der Waals surface area (Å²) in [5, 5.41) is 66.6. The summed E-state index contributed by atoms with van der Waals surface area (Å²) in [5.74, 6) is -2.72. The summed E-state index contributed by atoms with van der Waals surface area (Å²) in [7, 11) is 0. The Bertz CT molecular complexity index is 1620. The molecule has 0 radical (unpaired) electrons. The lowest BCUT2D eigenvalue weighted by Crippen LogP contribution is -2.69. The van der Waals surface area contributed by atoms with Crippen molar-refractivity contribution in [3.05, 3.63) is 36.5 Å². The maximum Gasteiger partial charge on any atom is 0.219 e. The fourth-order valence-corrected chi connectivity index (χ4v) is 11.5. The van der Waals surface area contributed by atoms with Gasteiger partial charge in [-0.05, 0) is 96.3 Å². The molecule has 0 aliphatic heterocycles. The third-order valence-electron chi connectivity index (χ3n) is 17.4. The number of aliphatic hydroxyl groups excluding tert-OH is 3. The van der Waals surface area contributed by atoms with E-state index >= 15 is 0 Å². The number of carbonyl (C=O) groups is 4. The average Bonchev–Trinajstić information content (AvgIpc) is 2.66. The third-order valence-corrected chi connectivity index (χ3v) is 17.4. The Morgan fingerprint density at radius 3 is 0.988 bits per heavy atom. The van der Waals surface area contributed by atoms with Crippen LogP contribution < -0.4 is 0 Å². The van der Waals surface area contributed by atoms with Crippen LogP contribution in [-0.4, -0.2) is 89.4 Å². The van der Waals surface area contributed by atoms with Gasteiger partial charge in [-0.1, -0.05) is 276 Å². The van der Waals surface area contributed by atoms with Gasteiger partial charge in [0, 0.05) is 32.1 Å². The summed E-state index contributed by atoms with van der Waals surface area (Å²) in [6.45, 7) is 7.55. The first-order valence-electron chi connectivity index (χ1n) is 35.5. The van der Waals surface area contributed by atoms with Crippen LogP contribution in [-0.2, 0) is 19.2 Å². The maximum absolute atomic E-state index is 14.0. The predicted molar refractivity (Wildman–Crippen MR) is 349 cm³/mol. The summed E-state index contributed by atoms with van der Waals surface area (Å²) in [6.07, 6.45) is 58.7. The van der Waals surface area contributed by atoms with Gasteiger partial charge in [-0.15, -0.1) is 0 Å². The van der Waals surface area contributed by atoms with Gasteiger partial charge in [-0.2, -0.15) is 0 Å². The van der Waals surface area contributed by atoms with Gasteiger partial charge in [-0.25, -0.2) is 0 Å². The summed E-state index contributed by atoms with van der Waals surface area (Å²) < 4.78 is 0. The topological polar surface area (TPSA) is 190 Å². The zero-order valence-corrected chi connectivity index (χ0v) is 54.6. The molecular weight excluding hydrogens is 1040 g/mol. The summed E-state index contributed by atoms with van der Waals surface area (Å²) >= 11 is 0. The number of carbonyl (C=O) groups excluding carboxylic acids is 4. The second kappa shape index (κ2) is 56.2. The molecule has 0 aromatic heterocycles. The van der Waals surface area contributed by atoms with Crippen molar-refractivity contribution in [1.29, 1.82) is 0 Å². The van der Waals surface area contributed by atoms with E-state index in [4.69, 9.17) is 0 Å². The van der Waals surface area contributed by atoms with Crippen LogP contribution in [0.15, 0.2) is 36.5 Å². The molecule has 0 fully saturated rings. The number of hydrogen-bond donors (Lipinski definition) is 6. The van der Waals surface area contributed by atoms with Crippen molar-refractivity contribution in [1.82, 2.24) is 0 Å². The first-order valence-corrected chi connectivity index (χ1v) is 35.5. The van der Waals surface area contributed by atoms with E-state index in [9.17, 15) is 49.8 Å². The molecule has 0 bridgehead atoms. The highest BCUT2D eigenvalue weighted by molar-refractivity contribution is 6.16. The van der Waals surface area contributed by atoms with Gasteiger partial charge >= 0.3 is 0 Å². The molecule has 0 amide bonds. The molecule has 5 atom stereocenters. The highest BCUT2D eigenvalue weighted by Gasteiger charge is 2.62. The van der Waals surface area contributed by atoms with E-state index in [-0.39, 0.29) is 37.3 Å². The number of hydrogen-bond acceptors (Lipinski definition) is 10. The lowest BCUT2D eigenvalue weighted by atomic mass is 9.71. The Balaban J connectivity index is 5.19. The van der Waals surface area contributed by atoms with Crippen LogP contribution in [0.25, 0.3) is 0 Å². The molecule has 0 aliphatic carbocycles. The van der Waals surface area contributed by atoms with Crippen LogP contribution in [0.5, 0.6) is 0 Å². The SMILES string of the molecule is CCCCCCCCCCCCCCCC(=O)C(O)(C(=O)CCCCCCC/C=C\C[C@H](O)CCCCCC)C(O)(CO)C(=O)CCCCCCC/C=C\C[C@](O)(CCCCCC)C(=O)CCCCCCC/C=C\C[C@H](O)CCCCCC. The van der Waals surface area contributed by atoms with E-state index < -0.39 is 40.8 Å².